The molecule has 35 heavy (non-hydrogen) atoms. The van der Waals surface area contributed by atoms with Crippen LogP contribution in [-0.2, 0) is 9.53 Å². The van der Waals surface area contributed by atoms with Crippen molar-refractivity contribution in [3.63, 3.8) is 0 Å². The molecule has 0 spiro atoms. The van der Waals surface area contributed by atoms with Gasteiger partial charge in [-0.1, -0.05) is 35.7 Å². The fraction of sp³-hybridized carbons (Fsp3) is 0.200. The number of methoxy groups -OCH3 is 1. The highest BCUT2D eigenvalue weighted by molar-refractivity contribution is 8.26. The van der Waals surface area contributed by atoms with Crippen molar-refractivity contribution in [2.45, 2.75) is 23.6 Å². The smallest absolute Gasteiger partial charge is 0.269 e. The lowest BCUT2D eigenvalue weighted by atomic mass is 10.2. The molecule has 1 saturated heterocycles. The van der Waals surface area contributed by atoms with Crippen LogP contribution in [-0.4, -0.2) is 44.9 Å². The molecule has 1 amide bonds. The number of hydrogen-bond acceptors (Lipinski definition) is 7. The van der Waals surface area contributed by atoms with E-state index in [0.29, 0.717) is 22.4 Å². The second-order valence-electron chi connectivity index (χ2n) is 7.84. The van der Waals surface area contributed by atoms with Crippen molar-refractivity contribution in [2.75, 3.05) is 20.3 Å². The number of ether oxygens (including phenoxy) is 1. The molecule has 0 N–H and O–H groups in total. The van der Waals surface area contributed by atoms with E-state index in [2.05, 4.69) is 10.6 Å². The Labute approximate surface area is 217 Å². The molecule has 0 bridgehead atoms. The molecule has 2 heterocycles. The van der Waals surface area contributed by atoms with Crippen LogP contribution in [0.15, 0.2) is 69.3 Å². The summed E-state index contributed by atoms with van der Waals surface area (Å²) in [5.41, 5.74) is 4.15. The quantitative estimate of drug-likeness (QED) is 0.154. The Morgan fingerprint density at radius 1 is 1.11 bits per heavy atom. The highest BCUT2D eigenvalue weighted by Gasteiger charge is 2.31. The summed E-state index contributed by atoms with van der Waals surface area (Å²) in [6.07, 6.45) is 1.91. The average Bonchev–Trinajstić information content (AvgIpc) is 3.27. The summed E-state index contributed by atoms with van der Waals surface area (Å²) < 4.78 is 7.78. The predicted molar refractivity (Wildman–Crippen MR) is 144 cm³/mol. The monoisotopic (exact) mass is 525 g/mol. The van der Waals surface area contributed by atoms with Gasteiger partial charge in [-0.15, -0.1) is 0 Å². The number of aromatic nitrogens is 1. The second-order valence-corrected chi connectivity index (χ2v) is 10.7. The third-order valence-electron chi connectivity index (χ3n) is 5.53. The van der Waals surface area contributed by atoms with Crippen LogP contribution in [0.25, 0.3) is 11.8 Å². The zero-order valence-electron chi connectivity index (χ0n) is 19.4. The van der Waals surface area contributed by atoms with Crippen molar-refractivity contribution in [1.29, 1.82) is 0 Å². The van der Waals surface area contributed by atoms with Crippen LogP contribution in [0, 0.1) is 24.0 Å². The number of aryl methyl sites for hydroxylation is 1. The zero-order chi connectivity index (χ0) is 25.1. The van der Waals surface area contributed by atoms with Gasteiger partial charge in [-0.2, -0.15) is 0 Å². The van der Waals surface area contributed by atoms with E-state index in [1.807, 2.05) is 44.2 Å². The van der Waals surface area contributed by atoms with Gasteiger partial charge < -0.3 is 9.30 Å². The number of carbonyl (C=O) groups excluding carboxylic acids is 1. The van der Waals surface area contributed by atoms with Crippen LogP contribution in [0.5, 0.6) is 0 Å². The van der Waals surface area contributed by atoms with Crippen molar-refractivity contribution in [1.82, 2.24) is 9.47 Å². The number of non-ortho nitro benzene ring substituents is 1. The van der Waals surface area contributed by atoms with E-state index in [1.54, 1.807) is 35.9 Å². The van der Waals surface area contributed by atoms with Crippen LogP contribution in [0.4, 0.5) is 5.69 Å². The summed E-state index contributed by atoms with van der Waals surface area (Å²) in [6, 6.07) is 16.7. The van der Waals surface area contributed by atoms with Crippen LogP contribution >= 0.6 is 35.7 Å². The zero-order valence-corrected chi connectivity index (χ0v) is 21.8. The average molecular weight is 526 g/mol. The highest BCUT2D eigenvalue weighted by atomic mass is 32.2. The molecule has 0 saturated carbocycles. The molecule has 0 aliphatic carbocycles. The summed E-state index contributed by atoms with van der Waals surface area (Å²) >= 11 is 8.24. The minimum absolute atomic E-state index is 0.0799. The molecule has 1 fully saturated rings. The fourth-order valence-corrected chi connectivity index (χ4v) is 5.90. The molecule has 2 aromatic carbocycles. The number of thiocarbonyl (C=S) groups is 1. The SMILES string of the molecule is COCCN1C(=O)/C(=C/c2cc(C)n(-c3ccc(Sc4ccc([N+](=O)[O-])cc4)cc3)c2C)SC1=S. The summed E-state index contributed by atoms with van der Waals surface area (Å²) in [6.45, 7) is 4.95. The number of nitro groups is 1. The maximum atomic E-state index is 12.8. The van der Waals surface area contributed by atoms with Gasteiger partial charge in [0, 0.05) is 46.1 Å². The van der Waals surface area contributed by atoms with Gasteiger partial charge in [0.15, 0.2) is 0 Å². The third-order valence-corrected chi connectivity index (χ3v) is 7.92. The first-order valence-electron chi connectivity index (χ1n) is 10.7. The summed E-state index contributed by atoms with van der Waals surface area (Å²) in [5.74, 6) is -0.0884. The number of carbonyl (C=O) groups is 1. The van der Waals surface area contributed by atoms with Crippen LogP contribution in [0.3, 0.4) is 0 Å². The van der Waals surface area contributed by atoms with E-state index in [1.165, 1.54) is 23.9 Å². The van der Waals surface area contributed by atoms with E-state index in [-0.39, 0.29) is 11.6 Å². The molecule has 0 radical (unpaired) electrons. The molecule has 10 heteroatoms. The number of amides is 1. The molecule has 3 aromatic rings. The van der Waals surface area contributed by atoms with Gasteiger partial charge in [-0.25, -0.2) is 0 Å². The van der Waals surface area contributed by atoms with Crippen LogP contribution < -0.4 is 0 Å². The predicted octanol–water partition coefficient (Wildman–Crippen LogP) is 6.00. The summed E-state index contributed by atoms with van der Waals surface area (Å²) in [4.78, 5) is 27.4. The van der Waals surface area contributed by atoms with E-state index >= 15 is 0 Å². The second kappa shape index (κ2) is 10.8. The molecule has 1 aliphatic heterocycles. The fourth-order valence-electron chi connectivity index (χ4n) is 3.78. The number of benzene rings is 2. The van der Waals surface area contributed by atoms with Crippen molar-refractivity contribution < 1.29 is 14.5 Å². The Balaban J connectivity index is 1.53. The molecular formula is C25H23N3O4S3. The minimum Gasteiger partial charge on any atom is -0.383 e. The number of nitrogens with zero attached hydrogens (tertiary/aromatic N) is 3. The van der Waals surface area contributed by atoms with Crippen molar-refractivity contribution in [3.8, 4) is 5.69 Å². The maximum absolute atomic E-state index is 12.8. The van der Waals surface area contributed by atoms with E-state index in [9.17, 15) is 14.9 Å². The Morgan fingerprint density at radius 3 is 2.34 bits per heavy atom. The van der Waals surface area contributed by atoms with Crippen molar-refractivity contribution in [3.05, 3.63) is 86.6 Å². The van der Waals surface area contributed by atoms with Gasteiger partial charge in [0.25, 0.3) is 11.6 Å². The lowest BCUT2D eigenvalue weighted by Crippen LogP contribution is -2.31. The van der Waals surface area contributed by atoms with E-state index in [4.69, 9.17) is 17.0 Å². The molecule has 180 valence electrons. The van der Waals surface area contributed by atoms with Gasteiger partial charge in [0.05, 0.1) is 23.0 Å². The standard InChI is InChI=1S/C25H23N3O4S3/c1-16-14-18(15-23-24(29)26(12-13-32-3)25(33)35-23)17(2)27(16)19-4-8-21(9-5-19)34-22-10-6-20(7-11-22)28(30)31/h4-11,14-15H,12-13H2,1-3H3/b23-15-. The van der Waals surface area contributed by atoms with Gasteiger partial charge in [-0.05, 0) is 68.0 Å². The van der Waals surface area contributed by atoms with Crippen LogP contribution in [0.2, 0.25) is 0 Å². The van der Waals surface area contributed by atoms with Gasteiger partial charge in [-0.3, -0.25) is 19.8 Å². The van der Waals surface area contributed by atoms with Crippen molar-refractivity contribution in [2.24, 2.45) is 0 Å². The lowest BCUT2D eigenvalue weighted by Gasteiger charge is -2.13. The summed E-state index contributed by atoms with van der Waals surface area (Å²) in [5, 5.41) is 10.8. The number of rotatable bonds is 8. The van der Waals surface area contributed by atoms with E-state index in [0.717, 1.165) is 32.4 Å². The number of thioether (sulfide) groups is 1. The topological polar surface area (TPSA) is 77.6 Å². The number of hydrogen-bond donors (Lipinski definition) is 0. The summed E-state index contributed by atoms with van der Waals surface area (Å²) in [7, 11) is 1.60. The largest absolute Gasteiger partial charge is 0.383 e. The van der Waals surface area contributed by atoms with Crippen molar-refractivity contribution >= 4 is 57.7 Å². The Bertz CT molecular complexity index is 1310. The molecule has 0 unspecified atom stereocenters. The molecule has 7 nitrogen and oxygen atoms in total. The molecule has 1 aliphatic rings. The normalized spacial score (nSPS) is 14.8. The van der Waals surface area contributed by atoms with E-state index < -0.39 is 4.92 Å². The Hall–Kier alpha value is -2.92. The number of nitro benzene ring substituents is 1. The van der Waals surface area contributed by atoms with Gasteiger partial charge >= 0.3 is 0 Å². The molecular weight excluding hydrogens is 502 g/mol. The third kappa shape index (κ3) is 5.51. The minimum atomic E-state index is -0.401. The first kappa shape index (κ1) is 25.2. The Kier molecular flexibility index (Phi) is 7.75. The molecule has 4 rings (SSSR count). The molecule has 1 aromatic heterocycles. The van der Waals surface area contributed by atoms with Crippen LogP contribution in [0.1, 0.15) is 17.0 Å². The van der Waals surface area contributed by atoms with Gasteiger partial charge in [0.1, 0.15) is 4.32 Å². The first-order chi connectivity index (χ1) is 16.8. The highest BCUT2D eigenvalue weighted by Crippen LogP contribution is 2.34. The maximum Gasteiger partial charge on any atom is 0.269 e. The molecule has 0 atom stereocenters. The first-order valence-corrected chi connectivity index (χ1v) is 12.8. The Morgan fingerprint density at radius 2 is 1.74 bits per heavy atom. The lowest BCUT2D eigenvalue weighted by molar-refractivity contribution is -0.384. The van der Waals surface area contributed by atoms with Gasteiger partial charge in [0.2, 0.25) is 0 Å².